The van der Waals surface area contributed by atoms with Gasteiger partial charge in [-0.05, 0) is 45.2 Å². The van der Waals surface area contributed by atoms with Crippen molar-refractivity contribution in [3.63, 3.8) is 0 Å². The SMILES string of the molecule is C1CNCCC(NCC2CCCO2)C1. The predicted octanol–water partition coefficient (Wildman–Crippen LogP) is 0.897. The minimum Gasteiger partial charge on any atom is -0.377 e. The van der Waals surface area contributed by atoms with Crippen LogP contribution in [0, 0.1) is 0 Å². The molecule has 14 heavy (non-hydrogen) atoms. The third-order valence-corrected chi connectivity index (χ3v) is 3.23. The molecule has 0 aromatic heterocycles. The Balaban J connectivity index is 1.62. The predicted molar refractivity (Wildman–Crippen MR) is 57.5 cm³/mol. The Morgan fingerprint density at radius 1 is 1.14 bits per heavy atom. The molecule has 2 fully saturated rings. The van der Waals surface area contributed by atoms with Gasteiger partial charge in [0.2, 0.25) is 0 Å². The topological polar surface area (TPSA) is 33.3 Å². The summed E-state index contributed by atoms with van der Waals surface area (Å²) >= 11 is 0. The first-order valence-electron chi connectivity index (χ1n) is 6.01. The average molecular weight is 198 g/mol. The van der Waals surface area contributed by atoms with Crippen molar-refractivity contribution in [2.45, 2.75) is 44.2 Å². The van der Waals surface area contributed by atoms with Crippen molar-refractivity contribution in [2.24, 2.45) is 0 Å². The lowest BCUT2D eigenvalue weighted by Gasteiger charge is -2.18. The first-order chi connectivity index (χ1) is 6.95. The zero-order valence-electron chi connectivity index (χ0n) is 8.93. The van der Waals surface area contributed by atoms with E-state index < -0.39 is 0 Å². The molecule has 0 aliphatic carbocycles. The Morgan fingerprint density at radius 2 is 2.14 bits per heavy atom. The summed E-state index contributed by atoms with van der Waals surface area (Å²) in [6.45, 7) is 4.39. The van der Waals surface area contributed by atoms with E-state index in [9.17, 15) is 0 Å². The van der Waals surface area contributed by atoms with Crippen LogP contribution in [0.3, 0.4) is 0 Å². The van der Waals surface area contributed by atoms with E-state index in [1.165, 1.54) is 45.2 Å². The fourth-order valence-corrected chi connectivity index (χ4v) is 2.33. The molecule has 2 N–H and O–H groups in total. The number of hydrogen-bond acceptors (Lipinski definition) is 3. The van der Waals surface area contributed by atoms with E-state index in [-0.39, 0.29) is 0 Å². The van der Waals surface area contributed by atoms with E-state index in [4.69, 9.17) is 4.74 Å². The van der Waals surface area contributed by atoms with Gasteiger partial charge in [0.25, 0.3) is 0 Å². The van der Waals surface area contributed by atoms with Crippen LogP contribution in [0.4, 0.5) is 0 Å². The van der Waals surface area contributed by atoms with Crippen molar-refractivity contribution in [3.05, 3.63) is 0 Å². The first-order valence-corrected chi connectivity index (χ1v) is 6.01. The molecule has 2 heterocycles. The van der Waals surface area contributed by atoms with Crippen LogP contribution in [0.25, 0.3) is 0 Å². The van der Waals surface area contributed by atoms with Gasteiger partial charge in [-0.1, -0.05) is 0 Å². The minimum atomic E-state index is 0.492. The molecule has 2 aliphatic heterocycles. The maximum Gasteiger partial charge on any atom is 0.0700 e. The Labute approximate surface area is 86.6 Å². The largest absolute Gasteiger partial charge is 0.377 e. The van der Waals surface area contributed by atoms with E-state index >= 15 is 0 Å². The van der Waals surface area contributed by atoms with Gasteiger partial charge in [-0.15, -0.1) is 0 Å². The van der Waals surface area contributed by atoms with E-state index in [0.29, 0.717) is 12.1 Å². The first kappa shape index (κ1) is 10.4. The highest BCUT2D eigenvalue weighted by Gasteiger charge is 2.17. The van der Waals surface area contributed by atoms with Crippen LogP contribution in [-0.4, -0.2) is 38.4 Å². The molecule has 0 bridgehead atoms. The van der Waals surface area contributed by atoms with Crippen molar-refractivity contribution < 1.29 is 4.74 Å². The molecule has 82 valence electrons. The van der Waals surface area contributed by atoms with Gasteiger partial charge in [-0.2, -0.15) is 0 Å². The molecule has 2 unspecified atom stereocenters. The summed E-state index contributed by atoms with van der Waals surface area (Å²) in [6, 6.07) is 0.717. The van der Waals surface area contributed by atoms with Crippen molar-refractivity contribution in [3.8, 4) is 0 Å². The van der Waals surface area contributed by atoms with Crippen LogP contribution >= 0.6 is 0 Å². The summed E-state index contributed by atoms with van der Waals surface area (Å²) in [7, 11) is 0. The Morgan fingerprint density at radius 3 is 3.00 bits per heavy atom. The Hall–Kier alpha value is -0.120. The second-order valence-corrected chi connectivity index (χ2v) is 4.42. The van der Waals surface area contributed by atoms with Gasteiger partial charge < -0.3 is 15.4 Å². The monoisotopic (exact) mass is 198 g/mol. The third-order valence-electron chi connectivity index (χ3n) is 3.23. The molecular weight excluding hydrogens is 176 g/mol. The van der Waals surface area contributed by atoms with E-state index in [1.54, 1.807) is 0 Å². The normalized spacial score (nSPS) is 34.3. The number of nitrogens with one attached hydrogen (secondary N) is 2. The van der Waals surface area contributed by atoms with Gasteiger partial charge >= 0.3 is 0 Å². The van der Waals surface area contributed by atoms with Crippen LogP contribution in [0.5, 0.6) is 0 Å². The van der Waals surface area contributed by atoms with E-state index in [0.717, 1.165) is 13.2 Å². The maximum atomic E-state index is 5.60. The second kappa shape index (κ2) is 5.69. The van der Waals surface area contributed by atoms with E-state index in [2.05, 4.69) is 10.6 Å². The Kier molecular flexibility index (Phi) is 4.22. The summed E-state index contributed by atoms with van der Waals surface area (Å²) in [6.07, 6.45) is 6.89. The summed E-state index contributed by atoms with van der Waals surface area (Å²) < 4.78 is 5.60. The molecule has 0 aromatic rings. The molecule has 3 nitrogen and oxygen atoms in total. The summed E-state index contributed by atoms with van der Waals surface area (Å²) in [5, 5.41) is 7.07. The number of rotatable bonds is 3. The van der Waals surface area contributed by atoms with Crippen molar-refractivity contribution >= 4 is 0 Å². The average Bonchev–Trinajstić information content (AvgIpc) is 2.58. The standard InChI is InChI=1S/C11H22N2O/c1-3-10(5-7-12-6-1)13-9-11-4-2-8-14-11/h10-13H,1-9H2. The number of hydrogen-bond donors (Lipinski definition) is 2. The minimum absolute atomic E-state index is 0.492. The highest BCUT2D eigenvalue weighted by atomic mass is 16.5. The lowest BCUT2D eigenvalue weighted by molar-refractivity contribution is 0.107. The molecule has 2 saturated heterocycles. The van der Waals surface area contributed by atoms with Gasteiger partial charge in [0.1, 0.15) is 0 Å². The van der Waals surface area contributed by atoms with Crippen LogP contribution < -0.4 is 10.6 Å². The summed E-state index contributed by atoms with van der Waals surface area (Å²) in [5.74, 6) is 0. The van der Waals surface area contributed by atoms with Gasteiger partial charge in [-0.25, -0.2) is 0 Å². The highest BCUT2D eigenvalue weighted by Crippen LogP contribution is 2.12. The summed E-state index contributed by atoms with van der Waals surface area (Å²) in [4.78, 5) is 0. The number of ether oxygens (including phenoxy) is 1. The lowest BCUT2D eigenvalue weighted by Crippen LogP contribution is -2.35. The smallest absolute Gasteiger partial charge is 0.0700 e. The quantitative estimate of drug-likeness (QED) is 0.707. The van der Waals surface area contributed by atoms with Crippen molar-refractivity contribution in [1.82, 2.24) is 10.6 Å². The molecule has 0 saturated carbocycles. The highest BCUT2D eigenvalue weighted by molar-refractivity contribution is 4.75. The fourth-order valence-electron chi connectivity index (χ4n) is 2.33. The molecule has 2 aliphatic rings. The van der Waals surface area contributed by atoms with Gasteiger partial charge in [0.05, 0.1) is 6.10 Å². The fraction of sp³-hybridized carbons (Fsp3) is 1.00. The lowest BCUT2D eigenvalue weighted by atomic mass is 10.1. The van der Waals surface area contributed by atoms with E-state index in [1.807, 2.05) is 0 Å². The van der Waals surface area contributed by atoms with Crippen LogP contribution in [0.15, 0.2) is 0 Å². The second-order valence-electron chi connectivity index (χ2n) is 4.42. The zero-order chi connectivity index (χ0) is 9.64. The molecule has 0 amide bonds. The molecule has 0 radical (unpaired) electrons. The summed E-state index contributed by atoms with van der Waals surface area (Å²) in [5.41, 5.74) is 0. The molecule has 3 heteroatoms. The molecule has 2 rings (SSSR count). The van der Waals surface area contributed by atoms with Crippen LogP contribution in [0.1, 0.15) is 32.1 Å². The molecule has 0 spiro atoms. The van der Waals surface area contributed by atoms with Crippen molar-refractivity contribution in [1.29, 1.82) is 0 Å². The van der Waals surface area contributed by atoms with Crippen LogP contribution in [0.2, 0.25) is 0 Å². The Bertz CT molecular complexity index is 149. The molecule has 2 atom stereocenters. The van der Waals surface area contributed by atoms with Crippen LogP contribution in [-0.2, 0) is 4.74 Å². The van der Waals surface area contributed by atoms with Gasteiger partial charge in [0, 0.05) is 19.2 Å². The third kappa shape index (κ3) is 3.23. The molecular formula is C11H22N2O. The van der Waals surface area contributed by atoms with Crippen molar-refractivity contribution in [2.75, 3.05) is 26.2 Å². The molecule has 0 aromatic carbocycles. The van der Waals surface area contributed by atoms with Gasteiger partial charge in [-0.3, -0.25) is 0 Å². The zero-order valence-corrected chi connectivity index (χ0v) is 8.93. The maximum absolute atomic E-state index is 5.60. The van der Waals surface area contributed by atoms with Gasteiger partial charge in [0.15, 0.2) is 0 Å².